The van der Waals surface area contributed by atoms with Crippen LogP contribution in [-0.2, 0) is 43.5 Å². The Morgan fingerprint density at radius 3 is 1.86 bits per heavy atom. The molecule has 5 atom stereocenters. The third-order valence-electron chi connectivity index (χ3n) is 5.91. The predicted octanol–water partition coefficient (Wildman–Crippen LogP) is 4.50. The molecule has 1 fully saturated rings. The lowest BCUT2D eigenvalue weighted by molar-refractivity contribution is -0.189. The number of hydrogen-bond acceptors (Lipinski definition) is 6. The van der Waals surface area contributed by atoms with E-state index in [1.807, 2.05) is 97.9 Å². The van der Waals surface area contributed by atoms with Crippen LogP contribution in [0, 0.1) is 0 Å². The van der Waals surface area contributed by atoms with Gasteiger partial charge in [0.2, 0.25) is 0 Å². The van der Waals surface area contributed by atoms with Gasteiger partial charge in [-0.15, -0.1) is 0 Å². The zero-order valence-corrected chi connectivity index (χ0v) is 20.1. The summed E-state index contributed by atoms with van der Waals surface area (Å²) in [6.45, 7) is 3.75. The molecule has 0 saturated carbocycles. The Hall–Kier alpha value is -2.58. The molecule has 1 heterocycles. The first kappa shape index (κ1) is 25.5. The molecule has 35 heavy (non-hydrogen) atoms. The number of benzene rings is 3. The van der Waals surface area contributed by atoms with Crippen LogP contribution in [0.4, 0.5) is 0 Å². The lowest BCUT2D eigenvalue weighted by Gasteiger charge is -2.28. The topological polar surface area (TPSA) is 66.4 Å². The van der Waals surface area contributed by atoms with Crippen LogP contribution in [0.15, 0.2) is 91.0 Å². The Balaban J connectivity index is 1.48. The molecule has 0 radical (unpaired) electrons. The van der Waals surface area contributed by atoms with Crippen molar-refractivity contribution in [3.63, 3.8) is 0 Å². The first-order valence-corrected chi connectivity index (χ1v) is 12.1. The van der Waals surface area contributed by atoms with E-state index >= 15 is 0 Å². The van der Waals surface area contributed by atoms with Crippen LogP contribution in [0.25, 0.3) is 0 Å². The lowest BCUT2D eigenvalue weighted by Crippen LogP contribution is -2.44. The van der Waals surface area contributed by atoms with E-state index in [1.54, 1.807) is 0 Å². The summed E-state index contributed by atoms with van der Waals surface area (Å²) in [5.74, 6) is 0. The van der Waals surface area contributed by atoms with E-state index in [0.29, 0.717) is 26.4 Å². The van der Waals surface area contributed by atoms with Crippen LogP contribution in [0.2, 0.25) is 0 Å². The SMILES string of the molecule is CCOC1OC([C@@H](COCc2ccccc2)OCc2ccccc2)[C@H](OCc2ccccc2)[C@@H]1O. The average molecular weight is 479 g/mol. The van der Waals surface area contributed by atoms with Crippen LogP contribution < -0.4 is 0 Å². The van der Waals surface area contributed by atoms with Gasteiger partial charge in [-0.05, 0) is 23.6 Å². The van der Waals surface area contributed by atoms with Crippen molar-refractivity contribution in [2.75, 3.05) is 13.2 Å². The number of ether oxygens (including phenoxy) is 5. The molecule has 1 saturated heterocycles. The van der Waals surface area contributed by atoms with Crippen molar-refractivity contribution in [1.82, 2.24) is 0 Å². The van der Waals surface area contributed by atoms with Crippen LogP contribution in [0.1, 0.15) is 23.6 Å². The number of hydrogen-bond donors (Lipinski definition) is 1. The van der Waals surface area contributed by atoms with Gasteiger partial charge in [0.1, 0.15) is 24.4 Å². The molecule has 0 aliphatic carbocycles. The molecule has 3 aromatic rings. The fourth-order valence-corrected chi connectivity index (χ4v) is 4.11. The maximum Gasteiger partial charge on any atom is 0.186 e. The molecule has 0 spiro atoms. The van der Waals surface area contributed by atoms with Crippen molar-refractivity contribution < 1.29 is 28.8 Å². The second-order valence-electron chi connectivity index (χ2n) is 8.51. The Morgan fingerprint density at radius 2 is 1.29 bits per heavy atom. The highest BCUT2D eigenvalue weighted by molar-refractivity contribution is 5.15. The summed E-state index contributed by atoms with van der Waals surface area (Å²) in [7, 11) is 0. The summed E-state index contributed by atoms with van der Waals surface area (Å²) in [6, 6.07) is 29.8. The highest BCUT2D eigenvalue weighted by atomic mass is 16.7. The molecule has 1 aliphatic heterocycles. The largest absolute Gasteiger partial charge is 0.385 e. The van der Waals surface area contributed by atoms with Gasteiger partial charge in [0.15, 0.2) is 6.29 Å². The van der Waals surface area contributed by atoms with Crippen LogP contribution in [-0.4, -0.2) is 49.0 Å². The minimum absolute atomic E-state index is 0.281. The number of aliphatic hydroxyl groups is 1. The maximum atomic E-state index is 11.0. The summed E-state index contributed by atoms with van der Waals surface area (Å²) in [4.78, 5) is 0. The predicted molar refractivity (Wildman–Crippen MR) is 132 cm³/mol. The summed E-state index contributed by atoms with van der Waals surface area (Å²) in [5, 5.41) is 11.0. The van der Waals surface area contributed by atoms with Gasteiger partial charge in [0, 0.05) is 6.61 Å². The van der Waals surface area contributed by atoms with Gasteiger partial charge in [0.05, 0.1) is 26.4 Å². The zero-order chi connectivity index (χ0) is 24.3. The third kappa shape index (κ3) is 7.45. The summed E-state index contributed by atoms with van der Waals surface area (Å²) >= 11 is 0. The Morgan fingerprint density at radius 1 is 0.743 bits per heavy atom. The Labute approximate surface area is 207 Å². The smallest absolute Gasteiger partial charge is 0.186 e. The van der Waals surface area contributed by atoms with Crippen molar-refractivity contribution in [3.05, 3.63) is 108 Å². The van der Waals surface area contributed by atoms with E-state index in [0.717, 1.165) is 16.7 Å². The van der Waals surface area contributed by atoms with Gasteiger partial charge in [-0.25, -0.2) is 0 Å². The second-order valence-corrected chi connectivity index (χ2v) is 8.51. The Bertz CT molecular complexity index is 968. The highest BCUT2D eigenvalue weighted by Crippen LogP contribution is 2.30. The molecule has 0 aromatic heterocycles. The van der Waals surface area contributed by atoms with Gasteiger partial charge < -0.3 is 28.8 Å². The van der Waals surface area contributed by atoms with Crippen LogP contribution >= 0.6 is 0 Å². The molecule has 4 rings (SSSR count). The molecule has 6 nitrogen and oxygen atoms in total. The quantitative estimate of drug-likeness (QED) is 0.390. The van der Waals surface area contributed by atoms with Crippen molar-refractivity contribution >= 4 is 0 Å². The number of rotatable bonds is 13. The monoisotopic (exact) mass is 478 g/mol. The van der Waals surface area contributed by atoms with Gasteiger partial charge in [-0.2, -0.15) is 0 Å². The highest BCUT2D eigenvalue weighted by Gasteiger charge is 2.49. The minimum Gasteiger partial charge on any atom is -0.385 e. The lowest BCUT2D eigenvalue weighted by atomic mass is 10.1. The summed E-state index contributed by atoms with van der Waals surface area (Å²) in [6.07, 6.45) is -3.40. The van der Waals surface area contributed by atoms with Crippen LogP contribution in [0.5, 0.6) is 0 Å². The zero-order valence-electron chi connectivity index (χ0n) is 20.1. The first-order valence-electron chi connectivity index (χ1n) is 12.1. The van der Waals surface area contributed by atoms with Crippen LogP contribution in [0.3, 0.4) is 0 Å². The molecule has 1 N–H and O–H groups in total. The van der Waals surface area contributed by atoms with Crippen molar-refractivity contribution in [3.8, 4) is 0 Å². The molecular weight excluding hydrogens is 444 g/mol. The Kier molecular flexibility index (Phi) is 9.84. The fourth-order valence-electron chi connectivity index (χ4n) is 4.11. The third-order valence-corrected chi connectivity index (χ3v) is 5.91. The van der Waals surface area contributed by atoms with E-state index in [2.05, 4.69) is 0 Å². The maximum absolute atomic E-state index is 11.0. The molecule has 6 heteroatoms. The number of aliphatic hydroxyl groups excluding tert-OH is 1. The van der Waals surface area contributed by atoms with E-state index in [-0.39, 0.29) is 6.61 Å². The summed E-state index contributed by atoms with van der Waals surface area (Å²) < 4.78 is 30.4. The van der Waals surface area contributed by atoms with E-state index in [9.17, 15) is 5.11 Å². The minimum atomic E-state index is -0.944. The molecule has 0 amide bonds. The molecule has 2 unspecified atom stereocenters. The van der Waals surface area contributed by atoms with Gasteiger partial charge in [0.25, 0.3) is 0 Å². The molecule has 3 aromatic carbocycles. The second kappa shape index (κ2) is 13.5. The fraction of sp³-hybridized carbons (Fsp3) is 0.379. The standard InChI is InChI=1S/C29H34O6/c1-2-32-29-26(30)28(34-20-24-16-10-5-11-17-24)27(35-29)25(33-19-23-14-8-4-9-15-23)21-31-18-22-12-6-3-7-13-22/h3-17,25-30H,2,18-21H2,1H3/t25-,26+,27?,28-,29?/m1/s1. The van der Waals surface area contributed by atoms with E-state index in [1.165, 1.54) is 0 Å². The van der Waals surface area contributed by atoms with Crippen molar-refractivity contribution in [2.24, 2.45) is 0 Å². The van der Waals surface area contributed by atoms with Gasteiger partial charge >= 0.3 is 0 Å². The molecule has 1 aliphatic rings. The van der Waals surface area contributed by atoms with E-state index < -0.39 is 30.7 Å². The van der Waals surface area contributed by atoms with Gasteiger partial charge in [-0.3, -0.25) is 0 Å². The van der Waals surface area contributed by atoms with Gasteiger partial charge in [-0.1, -0.05) is 91.0 Å². The average Bonchev–Trinajstić information content (AvgIpc) is 3.21. The molecule has 0 bridgehead atoms. The molecule has 186 valence electrons. The van der Waals surface area contributed by atoms with Crippen molar-refractivity contribution in [1.29, 1.82) is 0 Å². The summed E-state index contributed by atoms with van der Waals surface area (Å²) in [5.41, 5.74) is 3.13. The van der Waals surface area contributed by atoms with Crippen molar-refractivity contribution in [2.45, 2.75) is 57.5 Å². The molecular formula is C29H34O6. The van der Waals surface area contributed by atoms with E-state index in [4.69, 9.17) is 23.7 Å². The first-order chi connectivity index (χ1) is 17.2. The normalized spacial score (nSPS) is 22.8.